The van der Waals surface area contributed by atoms with E-state index in [-0.39, 0.29) is 12.1 Å². The van der Waals surface area contributed by atoms with Crippen LogP contribution in [0.4, 0.5) is 11.6 Å². The Morgan fingerprint density at radius 2 is 1.79 bits per heavy atom. The second kappa shape index (κ2) is 8.08. The van der Waals surface area contributed by atoms with Crippen LogP contribution in [0.25, 0.3) is 11.2 Å². The third kappa shape index (κ3) is 3.56. The van der Waals surface area contributed by atoms with Gasteiger partial charge in [-0.3, -0.25) is 13.9 Å². The summed E-state index contributed by atoms with van der Waals surface area (Å²) in [5.41, 5.74) is 4.07. The van der Waals surface area contributed by atoms with Crippen LogP contribution in [-0.2, 0) is 20.1 Å². The molecule has 3 heterocycles. The van der Waals surface area contributed by atoms with E-state index in [1.165, 1.54) is 20.3 Å². The molecule has 0 atom stereocenters. The first kappa shape index (κ1) is 21.8. The Morgan fingerprint density at radius 3 is 2.52 bits per heavy atom. The number of anilines is 2. The molecule has 0 radical (unpaired) electrons. The van der Waals surface area contributed by atoms with E-state index < -0.39 is 5.69 Å². The van der Waals surface area contributed by atoms with Gasteiger partial charge in [-0.2, -0.15) is 4.98 Å². The van der Waals surface area contributed by atoms with Crippen LogP contribution in [0.1, 0.15) is 23.1 Å². The smallest absolute Gasteiger partial charge is 0.312 e. The van der Waals surface area contributed by atoms with Gasteiger partial charge in [0.25, 0.3) is 5.56 Å². The average molecular weight is 484 g/mol. The van der Waals surface area contributed by atoms with E-state index in [0.717, 1.165) is 18.7 Å². The highest BCUT2D eigenvalue weighted by Crippen LogP contribution is 2.32. The number of aryl methyl sites for hydroxylation is 4. The van der Waals surface area contributed by atoms with Crippen LogP contribution in [0, 0.1) is 13.8 Å². The standard InChI is InChI=1S/C24H23Cl2N5O2/c1-14-5-8-18(11-15(14)2)29-9-4-10-30-20-21(27-23(29)30)28(3)24(33)31(22(20)32)13-16-6-7-17(25)12-19(16)26/h5-8,11-12H,4,9-10,13H2,1-3H3. The normalized spacial score (nSPS) is 13.5. The van der Waals surface area contributed by atoms with Crippen LogP contribution in [-0.4, -0.2) is 25.2 Å². The minimum atomic E-state index is -0.438. The van der Waals surface area contributed by atoms with Crippen molar-refractivity contribution in [2.75, 3.05) is 11.4 Å². The van der Waals surface area contributed by atoms with Crippen molar-refractivity contribution in [3.8, 4) is 0 Å². The first-order chi connectivity index (χ1) is 15.8. The van der Waals surface area contributed by atoms with Gasteiger partial charge in [-0.1, -0.05) is 35.3 Å². The highest BCUT2D eigenvalue weighted by atomic mass is 35.5. The van der Waals surface area contributed by atoms with E-state index in [1.807, 2.05) is 4.57 Å². The molecule has 4 aromatic rings. The zero-order chi connectivity index (χ0) is 23.4. The van der Waals surface area contributed by atoms with Gasteiger partial charge in [0.05, 0.1) is 6.54 Å². The molecular formula is C24H23Cl2N5O2. The van der Waals surface area contributed by atoms with Gasteiger partial charge in [-0.15, -0.1) is 0 Å². The molecule has 0 unspecified atom stereocenters. The molecule has 0 N–H and O–H groups in total. The van der Waals surface area contributed by atoms with Gasteiger partial charge in [0, 0.05) is 35.9 Å². The van der Waals surface area contributed by atoms with Crippen molar-refractivity contribution in [3.63, 3.8) is 0 Å². The summed E-state index contributed by atoms with van der Waals surface area (Å²) < 4.78 is 4.57. The van der Waals surface area contributed by atoms with Crippen molar-refractivity contribution in [1.29, 1.82) is 0 Å². The molecule has 0 aliphatic carbocycles. The van der Waals surface area contributed by atoms with Crippen LogP contribution < -0.4 is 16.1 Å². The van der Waals surface area contributed by atoms with Crippen LogP contribution in [0.2, 0.25) is 10.0 Å². The van der Waals surface area contributed by atoms with Crippen LogP contribution in [0.15, 0.2) is 46.0 Å². The topological polar surface area (TPSA) is 65.1 Å². The van der Waals surface area contributed by atoms with Crippen molar-refractivity contribution in [1.82, 2.24) is 18.7 Å². The lowest BCUT2D eigenvalue weighted by molar-refractivity contribution is 0.597. The molecule has 1 aliphatic rings. The van der Waals surface area contributed by atoms with Gasteiger partial charge in [-0.05, 0) is 61.2 Å². The highest BCUT2D eigenvalue weighted by molar-refractivity contribution is 6.35. The van der Waals surface area contributed by atoms with Crippen LogP contribution >= 0.6 is 23.2 Å². The van der Waals surface area contributed by atoms with Crippen molar-refractivity contribution < 1.29 is 0 Å². The molecule has 9 heteroatoms. The van der Waals surface area contributed by atoms with Crippen LogP contribution in [0.3, 0.4) is 0 Å². The van der Waals surface area contributed by atoms with Crippen molar-refractivity contribution in [2.24, 2.45) is 7.05 Å². The molecule has 2 aromatic heterocycles. The maximum Gasteiger partial charge on any atom is 0.332 e. The highest BCUT2D eigenvalue weighted by Gasteiger charge is 2.27. The number of fused-ring (bicyclic) bond motifs is 3. The summed E-state index contributed by atoms with van der Waals surface area (Å²) in [6, 6.07) is 11.3. The van der Waals surface area contributed by atoms with E-state index in [1.54, 1.807) is 25.2 Å². The summed E-state index contributed by atoms with van der Waals surface area (Å²) in [7, 11) is 1.64. The second-order valence-corrected chi connectivity index (χ2v) is 9.32. The van der Waals surface area contributed by atoms with Gasteiger partial charge in [0.2, 0.25) is 5.95 Å². The maximum absolute atomic E-state index is 13.6. The molecule has 1 aliphatic heterocycles. The van der Waals surface area contributed by atoms with Crippen molar-refractivity contribution >= 4 is 46.0 Å². The van der Waals surface area contributed by atoms with Gasteiger partial charge >= 0.3 is 5.69 Å². The molecule has 5 rings (SSSR count). The van der Waals surface area contributed by atoms with Gasteiger partial charge < -0.3 is 9.47 Å². The molecule has 0 saturated heterocycles. The van der Waals surface area contributed by atoms with E-state index in [2.05, 4.69) is 36.9 Å². The fraction of sp³-hybridized carbons (Fsp3) is 0.292. The average Bonchev–Trinajstić information content (AvgIpc) is 3.18. The molecule has 7 nitrogen and oxygen atoms in total. The van der Waals surface area contributed by atoms with Crippen molar-refractivity contribution in [3.05, 3.63) is 84.0 Å². The Balaban J connectivity index is 1.69. The van der Waals surface area contributed by atoms with Crippen LogP contribution in [0.5, 0.6) is 0 Å². The molecule has 0 spiro atoms. The summed E-state index contributed by atoms with van der Waals surface area (Å²) in [5, 5.41) is 0.906. The zero-order valence-corrected chi connectivity index (χ0v) is 20.1. The summed E-state index contributed by atoms with van der Waals surface area (Å²) >= 11 is 12.3. The predicted octanol–water partition coefficient (Wildman–Crippen LogP) is 4.41. The first-order valence-corrected chi connectivity index (χ1v) is 11.5. The Bertz CT molecular complexity index is 1530. The van der Waals surface area contributed by atoms with E-state index in [4.69, 9.17) is 28.2 Å². The number of benzene rings is 2. The maximum atomic E-state index is 13.6. The molecule has 2 aromatic carbocycles. The fourth-order valence-corrected chi connectivity index (χ4v) is 4.83. The number of rotatable bonds is 3. The third-order valence-electron chi connectivity index (χ3n) is 6.36. The first-order valence-electron chi connectivity index (χ1n) is 10.7. The number of halogens is 2. The third-order valence-corrected chi connectivity index (χ3v) is 6.95. The molecule has 0 fully saturated rings. The lowest BCUT2D eigenvalue weighted by atomic mass is 10.1. The number of nitrogens with zero attached hydrogens (tertiary/aromatic N) is 5. The Morgan fingerprint density at radius 1 is 1.00 bits per heavy atom. The molecule has 0 bridgehead atoms. The van der Waals surface area contributed by atoms with E-state index >= 15 is 0 Å². The Labute approximate surface area is 200 Å². The van der Waals surface area contributed by atoms with Gasteiger partial charge in [-0.25, -0.2) is 4.79 Å². The van der Waals surface area contributed by atoms with Gasteiger partial charge in [0.15, 0.2) is 11.2 Å². The summed E-state index contributed by atoms with van der Waals surface area (Å²) in [6.45, 7) is 5.65. The Hall–Kier alpha value is -3.03. The van der Waals surface area contributed by atoms with E-state index in [9.17, 15) is 9.59 Å². The van der Waals surface area contributed by atoms with Gasteiger partial charge in [0.1, 0.15) is 0 Å². The lowest BCUT2D eigenvalue weighted by Crippen LogP contribution is -2.40. The summed E-state index contributed by atoms with van der Waals surface area (Å²) in [6.07, 6.45) is 0.858. The molecule has 170 valence electrons. The number of hydrogen-bond acceptors (Lipinski definition) is 4. The fourth-order valence-electron chi connectivity index (χ4n) is 4.36. The molecule has 0 saturated carbocycles. The van der Waals surface area contributed by atoms with E-state index in [0.29, 0.717) is 39.3 Å². The van der Waals surface area contributed by atoms with Crippen molar-refractivity contribution in [2.45, 2.75) is 33.4 Å². The minimum absolute atomic E-state index is 0.0544. The monoisotopic (exact) mass is 483 g/mol. The molecule has 33 heavy (non-hydrogen) atoms. The number of aromatic nitrogens is 4. The Kier molecular flexibility index (Phi) is 5.34. The predicted molar refractivity (Wildman–Crippen MR) is 132 cm³/mol. The molecular weight excluding hydrogens is 461 g/mol. The second-order valence-electron chi connectivity index (χ2n) is 8.48. The quantitative estimate of drug-likeness (QED) is 0.432. The zero-order valence-electron chi connectivity index (χ0n) is 18.6. The largest absolute Gasteiger partial charge is 0.332 e. The summed E-state index contributed by atoms with van der Waals surface area (Å²) in [5.74, 6) is 0.675. The SMILES string of the molecule is Cc1ccc(N2CCCn3c2nc2c3c(=O)n(Cc3ccc(Cl)cc3Cl)c(=O)n2C)cc1C. The lowest BCUT2D eigenvalue weighted by Gasteiger charge is -2.29. The molecule has 0 amide bonds. The number of imidazole rings is 1. The summed E-state index contributed by atoms with van der Waals surface area (Å²) in [4.78, 5) is 33.6. The number of hydrogen-bond donors (Lipinski definition) is 0. The minimum Gasteiger partial charge on any atom is -0.312 e.